The molecule has 4 rings (SSSR count). The zero-order valence-electron chi connectivity index (χ0n) is 19.8. The molecule has 0 bridgehead atoms. The van der Waals surface area contributed by atoms with Gasteiger partial charge in [0.1, 0.15) is 10.6 Å². The molecule has 0 atom stereocenters. The third-order valence-corrected chi connectivity index (χ3v) is 8.80. The normalized spacial score (nSPS) is 15.1. The molecule has 1 aromatic heterocycles. The van der Waals surface area contributed by atoms with Crippen LogP contribution in [-0.2, 0) is 14.8 Å². The molecule has 3 aromatic rings. The van der Waals surface area contributed by atoms with E-state index in [0.717, 1.165) is 5.56 Å². The van der Waals surface area contributed by atoms with Crippen molar-refractivity contribution in [3.05, 3.63) is 53.6 Å². The molecule has 1 fully saturated rings. The number of nitrogens with zero attached hydrogens (tertiary/aromatic N) is 3. The molecule has 1 saturated heterocycles. The van der Waals surface area contributed by atoms with E-state index in [9.17, 15) is 13.2 Å². The lowest BCUT2D eigenvalue weighted by Gasteiger charge is -2.31. The number of thioether (sulfide) groups is 1. The van der Waals surface area contributed by atoms with Crippen LogP contribution in [0.3, 0.4) is 0 Å². The number of benzene rings is 2. The minimum Gasteiger partial charge on any atom is -0.492 e. The predicted octanol–water partition coefficient (Wildman–Crippen LogP) is 3.83. The Kier molecular flexibility index (Phi) is 8.89. The van der Waals surface area contributed by atoms with Crippen molar-refractivity contribution >= 4 is 39.3 Å². The Hall–Kier alpha value is -2.60. The van der Waals surface area contributed by atoms with E-state index in [2.05, 4.69) is 20.5 Å². The topological polar surface area (TPSA) is 117 Å². The third kappa shape index (κ3) is 6.39. The van der Waals surface area contributed by atoms with Crippen molar-refractivity contribution in [2.24, 2.45) is 5.92 Å². The van der Waals surface area contributed by atoms with Crippen LogP contribution in [0.1, 0.15) is 19.8 Å². The van der Waals surface area contributed by atoms with Crippen LogP contribution < -0.4 is 10.1 Å². The summed E-state index contributed by atoms with van der Waals surface area (Å²) in [5, 5.41) is 11.0. The number of H-pyrrole nitrogens is 1. The van der Waals surface area contributed by atoms with Crippen LogP contribution in [-0.4, -0.2) is 65.8 Å². The second kappa shape index (κ2) is 12.1. The molecule has 9 nitrogen and oxygen atoms in total. The van der Waals surface area contributed by atoms with E-state index in [1.165, 1.54) is 22.1 Å². The van der Waals surface area contributed by atoms with Gasteiger partial charge in [-0.3, -0.25) is 9.89 Å². The van der Waals surface area contributed by atoms with Gasteiger partial charge < -0.3 is 10.1 Å². The number of ether oxygens (including phenoxy) is 1. The van der Waals surface area contributed by atoms with Crippen molar-refractivity contribution in [3.8, 4) is 17.1 Å². The molecule has 2 N–H and O–H groups in total. The summed E-state index contributed by atoms with van der Waals surface area (Å²) in [6, 6.07) is 14.3. The van der Waals surface area contributed by atoms with Crippen molar-refractivity contribution in [2.75, 3.05) is 32.0 Å². The molecule has 0 aliphatic carbocycles. The molecule has 1 aliphatic rings. The number of carbonyl (C=O) groups is 1. The second-order valence-electron chi connectivity index (χ2n) is 8.17. The number of aromatic nitrogens is 3. The highest BCUT2D eigenvalue weighted by Crippen LogP contribution is 2.32. The number of sulfonamides is 1. The number of nitrogens with one attached hydrogen (secondary N) is 2. The fraction of sp³-hybridized carbons (Fsp3) is 0.375. The Bertz CT molecular complexity index is 1280. The zero-order valence-corrected chi connectivity index (χ0v) is 22.2. The van der Waals surface area contributed by atoms with Gasteiger partial charge in [-0.1, -0.05) is 53.7 Å². The fourth-order valence-corrected chi connectivity index (χ4v) is 6.47. The number of aromatic amines is 1. The highest BCUT2D eigenvalue weighted by Gasteiger charge is 2.33. The number of hydrogen-bond acceptors (Lipinski definition) is 7. The highest BCUT2D eigenvalue weighted by molar-refractivity contribution is 7.99. The van der Waals surface area contributed by atoms with Crippen molar-refractivity contribution in [1.29, 1.82) is 0 Å². The van der Waals surface area contributed by atoms with E-state index >= 15 is 0 Å². The summed E-state index contributed by atoms with van der Waals surface area (Å²) < 4.78 is 33.3. The van der Waals surface area contributed by atoms with E-state index in [-0.39, 0.29) is 35.6 Å². The molecular weight excluding hydrogens is 522 g/mol. The smallest absolute Gasteiger partial charge is 0.246 e. The number of hydrogen-bond donors (Lipinski definition) is 2. The Labute approximate surface area is 220 Å². The average molecular weight is 550 g/mol. The maximum Gasteiger partial charge on any atom is 0.246 e. The molecule has 1 amide bonds. The third-order valence-electron chi connectivity index (χ3n) is 5.79. The van der Waals surface area contributed by atoms with E-state index in [1.807, 2.05) is 30.3 Å². The Morgan fingerprint density at radius 3 is 2.69 bits per heavy atom. The van der Waals surface area contributed by atoms with Gasteiger partial charge in [-0.05, 0) is 38.0 Å². The Balaban J connectivity index is 1.24. The minimum atomic E-state index is -3.78. The quantitative estimate of drug-likeness (QED) is 0.291. The molecule has 0 saturated carbocycles. The van der Waals surface area contributed by atoms with Crippen molar-refractivity contribution < 1.29 is 17.9 Å². The van der Waals surface area contributed by atoms with Crippen LogP contribution in [0, 0.1) is 5.92 Å². The maximum atomic E-state index is 13.2. The molecule has 1 aliphatic heterocycles. The van der Waals surface area contributed by atoms with Gasteiger partial charge in [-0.15, -0.1) is 5.10 Å². The van der Waals surface area contributed by atoms with Gasteiger partial charge in [0.05, 0.1) is 6.61 Å². The SMILES string of the molecule is CCOc1ccc(Cl)cc1S(=O)(=O)N1CCC(C(=O)NCCSc2n[nH]c(-c3ccccc3)n2)CC1. The van der Waals surface area contributed by atoms with Gasteiger partial charge in [0, 0.05) is 41.9 Å². The predicted molar refractivity (Wildman–Crippen MR) is 140 cm³/mol. The first kappa shape index (κ1) is 26.5. The Morgan fingerprint density at radius 2 is 1.97 bits per heavy atom. The molecule has 192 valence electrons. The van der Waals surface area contributed by atoms with E-state index in [1.54, 1.807) is 19.1 Å². The first-order chi connectivity index (χ1) is 17.4. The number of piperidine rings is 1. The molecular formula is C24H28ClN5O4S2. The number of halogens is 1. The summed E-state index contributed by atoms with van der Waals surface area (Å²) in [6.07, 6.45) is 0.897. The zero-order chi connectivity index (χ0) is 25.5. The summed E-state index contributed by atoms with van der Waals surface area (Å²) in [5.74, 6) is 1.31. The lowest BCUT2D eigenvalue weighted by Crippen LogP contribution is -2.43. The number of carbonyl (C=O) groups excluding carboxylic acids is 1. The maximum absolute atomic E-state index is 13.2. The molecule has 0 unspecified atom stereocenters. The summed E-state index contributed by atoms with van der Waals surface area (Å²) in [4.78, 5) is 17.2. The lowest BCUT2D eigenvalue weighted by atomic mass is 9.97. The van der Waals surface area contributed by atoms with Crippen molar-refractivity contribution in [2.45, 2.75) is 29.8 Å². The molecule has 2 heterocycles. The van der Waals surface area contributed by atoms with Crippen LogP contribution in [0.4, 0.5) is 0 Å². The second-order valence-corrected chi connectivity index (χ2v) is 11.6. The van der Waals surface area contributed by atoms with Crippen molar-refractivity contribution in [1.82, 2.24) is 24.8 Å². The number of rotatable bonds is 10. The van der Waals surface area contributed by atoms with Gasteiger partial charge in [0.2, 0.25) is 21.1 Å². The van der Waals surface area contributed by atoms with Gasteiger partial charge in [0.15, 0.2) is 5.82 Å². The summed E-state index contributed by atoms with van der Waals surface area (Å²) in [6.45, 7) is 3.12. The monoisotopic (exact) mass is 549 g/mol. The summed E-state index contributed by atoms with van der Waals surface area (Å²) in [5.41, 5.74) is 0.961. The fourth-order valence-electron chi connectivity index (χ4n) is 3.95. The molecule has 36 heavy (non-hydrogen) atoms. The van der Waals surface area contributed by atoms with E-state index in [0.29, 0.717) is 47.7 Å². The van der Waals surface area contributed by atoms with Crippen LogP contribution in [0.25, 0.3) is 11.4 Å². The standard InChI is InChI=1S/C24H28ClN5O4S2/c1-2-34-20-9-8-19(25)16-21(20)36(32,33)30-13-10-18(11-14-30)23(31)26-12-15-35-24-27-22(28-29-24)17-6-4-3-5-7-17/h3-9,16,18H,2,10-15H2,1H3,(H,26,31)(H,27,28,29). The molecule has 12 heteroatoms. The van der Waals surface area contributed by atoms with Crippen molar-refractivity contribution in [3.63, 3.8) is 0 Å². The van der Waals surface area contributed by atoms with Gasteiger partial charge in [-0.25, -0.2) is 13.4 Å². The molecule has 0 spiro atoms. The highest BCUT2D eigenvalue weighted by atomic mass is 35.5. The molecule has 2 aromatic carbocycles. The van der Waals surface area contributed by atoms with Crippen LogP contribution >= 0.6 is 23.4 Å². The van der Waals surface area contributed by atoms with Gasteiger partial charge in [0.25, 0.3) is 0 Å². The molecule has 0 radical (unpaired) electrons. The average Bonchev–Trinajstić information content (AvgIpc) is 3.37. The van der Waals surface area contributed by atoms with E-state index in [4.69, 9.17) is 16.3 Å². The minimum absolute atomic E-state index is 0.0548. The van der Waals surface area contributed by atoms with Gasteiger partial charge in [-0.2, -0.15) is 4.31 Å². The lowest BCUT2D eigenvalue weighted by molar-refractivity contribution is -0.125. The van der Waals surface area contributed by atoms with Crippen LogP contribution in [0.15, 0.2) is 58.6 Å². The first-order valence-electron chi connectivity index (χ1n) is 11.7. The Morgan fingerprint density at radius 1 is 1.22 bits per heavy atom. The summed E-state index contributed by atoms with van der Waals surface area (Å²) in [7, 11) is -3.78. The largest absolute Gasteiger partial charge is 0.492 e. The first-order valence-corrected chi connectivity index (χ1v) is 14.5. The number of amides is 1. The summed E-state index contributed by atoms with van der Waals surface area (Å²) >= 11 is 7.51. The van der Waals surface area contributed by atoms with E-state index < -0.39 is 10.0 Å². The van der Waals surface area contributed by atoms with Crippen LogP contribution in [0.2, 0.25) is 5.02 Å². The van der Waals surface area contributed by atoms with Crippen LogP contribution in [0.5, 0.6) is 5.75 Å². The van der Waals surface area contributed by atoms with Gasteiger partial charge >= 0.3 is 0 Å².